The second-order valence-electron chi connectivity index (χ2n) is 8.04. The number of hydrogen-bond donors (Lipinski definition) is 1. The van der Waals surface area contributed by atoms with Gasteiger partial charge >= 0.3 is 12.1 Å². The maximum Gasteiger partial charge on any atom is 0.416 e. The number of carbonyl (C=O) groups is 1. The maximum atomic E-state index is 13.4. The van der Waals surface area contributed by atoms with Crippen LogP contribution in [0.4, 0.5) is 13.2 Å². The van der Waals surface area contributed by atoms with Crippen molar-refractivity contribution in [3.8, 4) is 11.1 Å². The molecule has 1 aliphatic rings. The van der Waals surface area contributed by atoms with Crippen molar-refractivity contribution in [2.75, 3.05) is 12.4 Å². The van der Waals surface area contributed by atoms with Crippen LogP contribution in [0.15, 0.2) is 34.1 Å². The van der Waals surface area contributed by atoms with E-state index in [-0.39, 0.29) is 23.8 Å². The lowest BCUT2D eigenvalue weighted by molar-refractivity contribution is -0.146. The van der Waals surface area contributed by atoms with Gasteiger partial charge in [0.1, 0.15) is 6.04 Å². The monoisotopic (exact) mass is 465 g/mol. The lowest BCUT2D eigenvalue weighted by Crippen LogP contribution is -2.30. The summed E-state index contributed by atoms with van der Waals surface area (Å²) in [4.78, 5) is 25.8. The van der Waals surface area contributed by atoms with Crippen molar-refractivity contribution in [1.29, 1.82) is 0 Å². The van der Waals surface area contributed by atoms with Gasteiger partial charge in [0.2, 0.25) is 0 Å². The third-order valence-electron chi connectivity index (χ3n) is 5.28. The van der Waals surface area contributed by atoms with E-state index in [1.54, 1.807) is 13.0 Å². The molecule has 32 heavy (non-hydrogen) atoms. The van der Waals surface area contributed by atoms with Crippen LogP contribution in [-0.2, 0) is 22.1 Å². The number of alkyl halides is 3. The molecule has 0 radical (unpaired) electrons. The Morgan fingerprint density at radius 1 is 1.38 bits per heavy atom. The lowest BCUT2D eigenvalue weighted by atomic mass is 9.97. The van der Waals surface area contributed by atoms with Crippen LogP contribution in [0.5, 0.6) is 0 Å². The number of nitrogens with zero attached hydrogens (tertiary/aromatic N) is 2. The molecule has 0 amide bonds. The molecule has 6 nitrogen and oxygen atoms in total. The standard InChI is InChI=1S/C22H22F3N3O3S/c1-4-31-21(30)15-10-32-20-16(12-6-5-7-13(9-12)22(23,24)25)17-14(8-11(2)3)26-27-18(17)19(29)28(15)20/h5-7,9,11,15H,4,8,10H2,1-3H3,(H,26,27)/t15-/m0/s1. The quantitative estimate of drug-likeness (QED) is 0.547. The van der Waals surface area contributed by atoms with Gasteiger partial charge in [-0.15, -0.1) is 11.8 Å². The Balaban J connectivity index is 2.05. The number of hydrogen-bond acceptors (Lipinski definition) is 5. The van der Waals surface area contributed by atoms with Crippen LogP contribution in [0.1, 0.15) is 38.1 Å². The number of H-pyrrole nitrogens is 1. The summed E-state index contributed by atoms with van der Waals surface area (Å²) in [7, 11) is 0. The number of halogens is 3. The van der Waals surface area contributed by atoms with Crippen molar-refractivity contribution in [3.05, 3.63) is 45.9 Å². The smallest absolute Gasteiger partial charge is 0.416 e. The summed E-state index contributed by atoms with van der Waals surface area (Å²) in [6.45, 7) is 5.84. The van der Waals surface area contributed by atoms with E-state index in [2.05, 4.69) is 10.2 Å². The number of rotatable bonds is 5. The van der Waals surface area contributed by atoms with Crippen LogP contribution in [-0.4, -0.2) is 33.1 Å². The summed E-state index contributed by atoms with van der Waals surface area (Å²) in [5.41, 5.74) is 0.340. The van der Waals surface area contributed by atoms with E-state index in [4.69, 9.17) is 4.74 Å². The zero-order valence-corrected chi connectivity index (χ0v) is 18.6. The van der Waals surface area contributed by atoms with Gasteiger partial charge in [-0.2, -0.15) is 18.3 Å². The fourth-order valence-corrected chi connectivity index (χ4v) is 5.29. The fraction of sp³-hybridized carbons (Fsp3) is 0.409. The summed E-state index contributed by atoms with van der Waals surface area (Å²) in [6, 6.07) is 4.15. The SMILES string of the molecule is CCOC(=O)[C@@H]1CSc2c(-c3cccc(C(F)(F)F)c3)c3c(CC(C)C)[nH]nc3c(=O)n21. The highest BCUT2D eigenvalue weighted by Gasteiger charge is 2.37. The van der Waals surface area contributed by atoms with Crippen LogP contribution in [0.2, 0.25) is 0 Å². The molecule has 1 aromatic carbocycles. The number of aromatic nitrogens is 3. The Labute approximate surface area is 186 Å². The van der Waals surface area contributed by atoms with Gasteiger partial charge < -0.3 is 4.74 Å². The van der Waals surface area contributed by atoms with Crippen molar-refractivity contribution in [1.82, 2.24) is 14.8 Å². The van der Waals surface area contributed by atoms with Crippen LogP contribution >= 0.6 is 11.8 Å². The summed E-state index contributed by atoms with van der Waals surface area (Å²) in [6.07, 6.45) is -3.95. The highest BCUT2D eigenvalue weighted by molar-refractivity contribution is 7.99. The van der Waals surface area contributed by atoms with E-state index in [1.165, 1.54) is 22.4 Å². The second kappa shape index (κ2) is 8.31. The topological polar surface area (TPSA) is 77.0 Å². The molecule has 1 aliphatic heterocycles. The van der Waals surface area contributed by atoms with Crippen molar-refractivity contribution in [2.24, 2.45) is 5.92 Å². The van der Waals surface area contributed by atoms with E-state index in [0.717, 1.165) is 12.1 Å². The average molecular weight is 465 g/mol. The molecule has 0 saturated carbocycles. The number of ether oxygens (including phenoxy) is 1. The minimum atomic E-state index is -4.51. The number of fused-ring (bicyclic) bond motifs is 2. The zero-order chi connectivity index (χ0) is 23.2. The molecule has 1 atom stereocenters. The van der Waals surface area contributed by atoms with E-state index < -0.39 is 29.3 Å². The van der Waals surface area contributed by atoms with Crippen molar-refractivity contribution in [3.63, 3.8) is 0 Å². The van der Waals surface area contributed by atoms with Crippen LogP contribution in [0.3, 0.4) is 0 Å². The Kier molecular flexibility index (Phi) is 5.83. The molecule has 0 fully saturated rings. The van der Waals surface area contributed by atoms with E-state index in [0.29, 0.717) is 33.7 Å². The second-order valence-corrected chi connectivity index (χ2v) is 9.05. The number of carbonyl (C=O) groups excluding carboxylic acids is 1. The minimum absolute atomic E-state index is 0.105. The predicted octanol–water partition coefficient (Wildman–Crippen LogP) is 4.82. The van der Waals surface area contributed by atoms with Crippen molar-refractivity contribution >= 4 is 28.6 Å². The Morgan fingerprint density at radius 2 is 2.12 bits per heavy atom. The molecule has 0 unspecified atom stereocenters. The Morgan fingerprint density at radius 3 is 2.78 bits per heavy atom. The number of thioether (sulfide) groups is 1. The highest BCUT2D eigenvalue weighted by Crippen LogP contribution is 2.44. The molecule has 1 N–H and O–H groups in total. The average Bonchev–Trinajstić information content (AvgIpc) is 3.33. The first kappa shape index (κ1) is 22.4. The summed E-state index contributed by atoms with van der Waals surface area (Å²) in [5, 5.41) is 8.06. The molecule has 0 saturated heterocycles. The van der Waals surface area contributed by atoms with Crippen LogP contribution < -0.4 is 5.56 Å². The normalized spacial score (nSPS) is 16.0. The highest BCUT2D eigenvalue weighted by atomic mass is 32.2. The maximum absolute atomic E-state index is 13.4. The number of esters is 1. The van der Waals surface area contributed by atoms with Gasteiger partial charge in [-0.05, 0) is 37.0 Å². The molecule has 0 aliphatic carbocycles. The van der Waals surface area contributed by atoms with Gasteiger partial charge in [0.25, 0.3) is 5.56 Å². The first-order valence-corrected chi connectivity index (χ1v) is 11.2. The summed E-state index contributed by atoms with van der Waals surface area (Å²) >= 11 is 1.26. The molecule has 10 heteroatoms. The molecule has 0 spiro atoms. The molecular formula is C22H22F3N3O3S. The first-order chi connectivity index (χ1) is 15.1. The molecular weight excluding hydrogens is 443 g/mol. The van der Waals surface area contributed by atoms with Crippen LogP contribution in [0.25, 0.3) is 22.0 Å². The number of benzene rings is 1. The van der Waals surface area contributed by atoms with E-state index in [9.17, 15) is 22.8 Å². The molecule has 0 bridgehead atoms. The number of aromatic amines is 1. The molecule has 3 aromatic rings. The minimum Gasteiger partial charge on any atom is -0.464 e. The number of pyridine rings is 1. The lowest BCUT2D eigenvalue weighted by Gasteiger charge is -2.17. The molecule has 2 aromatic heterocycles. The van der Waals surface area contributed by atoms with Gasteiger partial charge in [0.05, 0.1) is 17.2 Å². The summed E-state index contributed by atoms with van der Waals surface area (Å²) < 4.78 is 46.8. The first-order valence-electron chi connectivity index (χ1n) is 10.3. The zero-order valence-electron chi connectivity index (χ0n) is 17.7. The van der Waals surface area contributed by atoms with Crippen molar-refractivity contribution < 1.29 is 22.7 Å². The largest absolute Gasteiger partial charge is 0.464 e. The van der Waals surface area contributed by atoms with Gasteiger partial charge in [0, 0.05) is 22.4 Å². The third-order valence-corrected chi connectivity index (χ3v) is 6.44. The predicted molar refractivity (Wildman–Crippen MR) is 116 cm³/mol. The van der Waals surface area contributed by atoms with E-state index >= 15 is 0 Å². The van der Waals surface area contributed by atoms with Gasteiger partial charge in [-0.3, -0.25) is 14.5 Å². The Hall–Kier alpha value is -2.75. The molecule has 170 valence electrons. The van der Waals surface area contributed by atoms with Crippen LogP contribution in [0, 0.1) is 5.92 Å². The van der Waals surface area contributed by atoms with E-state index in [1.807, 2.05) is 13.8 Å². The summed E-state index contributed by atoms with van der Waals surface area (Å²) in [5.74, 6) is -0.0624. The Bertz CT molecular complexity index is 1250. The third kappa shape index (κ3) is 3.80. The van der Waals surface area contributed by atoms with Gasteiger partial charge in [0.15, 0.2) is 5.52 Å². The van der Waals surface area contributed by atoms with Gasteiger partial charge in [-0.1, -0.05) is 26.0 Å². The fourth-order valence-electron chi connectivity index (χ4n) is 3.98. The molecule has 3 heterocycles. The van der Waals surface area contributed by atoms with Gasteiger partial charge in [-0.25, -0.2) is 4.79 Å². The molecule has 4 rings (SSSR count). The number of nitrogens with one attached hydrogen (secondary N) is 1. The van der Waals surface area contributed by atoms with Crippen molar-refractivity contribution in [2.45, 2.75) is 44.4 Å².